The van der Waals surface area contributed by atoms with Crippen LogP contribution in [0.5, 0.6) is 0 Å². The fourth-order valence-corrected chi connectivity index (χ4v) is 2.52. The van der Waals surface area contributed by atoms with Crippen LogP contribution in [0.3, 0.4) is 0 Å². The van der Waals surface area contributed by atoms with E-state index in [2.05, 4.69) is 9.47 Å². The zero-order valence-electron chi connectivity index (χ0n) is 21.1. The Morgan fingerprint density at radius 1 is 0.425 bits per heavy atom. The molecule has 236 valence electrons. The van der Waals surface area contributed by atoms with E-state index in [9.17, 15) is 52.7 Å². The topological polar surface area (TPSA) is 18.5 Å². The number of hydrogen-bond acceptors (Lipinski definition) is 2. The molecule has 2 rings (SSSR count). The Hall–Kier alpha value is -2.48. The summed E-state index contributed by atoms with van der Waals surface area (Å²) >= 11 is 0. The highest BCUT2D eigenvalue weighted by molar-refractivity contribution is 5.43. The van der Waals surface area contributed by atoms with Crippen LogP contribution in [0.4, 0.5) is 52.7 Å². The molecule has 0 fully saturated rings. The first kappa shape index (κ1) is 44.5. The van der Waals surface area contributed by atoms with Crippen LogP contribution < -0.4 is 0 Å². The molecule has 0 heterocycles. The molecular weight excluding hydrogens is 572 g/mol. The van der Waals surface area contributed by atoms with Gasteiger partial charge in [0.25, 0.3) is 0 Å². The van der Waals surface area contributed by atoms with Gasteiger partial charge in [-0.1, -0.05) is 75.5 Å². The number of halogens is 12. The quantitative estimate of drug-likeness (QED) is 0.316. The van der Waals surface area contributed by atoms with Gasteiger partial charge < -0.3 is 9.47 Å². The third kappa shape index (κ3) is 11.2. The van der Waals surface area contributed by atoms with E-state index >= 15 is 0 Å². The van der Waals surface area contributed by atoms with E-state index < -0.39 is 46.7 Å². The first-order valence-electron chi connectivity index (χ1n) is 10.2. The van der Waals surface area contributed by atoms with Gasteiger partial charge in [0, 0.05) is 28.4 Å². The number of rotatable bonds is 2. The van der Waals surface area contributed by atoms with Crippen LogP contribution in [0.2, 0.25) is 0 Å². The van der Waals surface area contributed by atoms with Gasteiger partial charge >= 0.3 is 24.7 Å². The number of methoxy groups -OCH3 is 2. The molecule has 0 aliphatic heterocycles. The lowest BCUT2D eigenvalue weighted by Crippen LogP contribution is -2.54. The summed E-state index contributed by atoms with van der Waals surface area (Å²) in [5, 5.41) is 0. The van der Waals surface area contributed by atoms with Crippen molar-refractivity contribution in [3.8, 4) is 0 Å². The second-order valence-corrected chi connectivity index (χ2v) is 7.91. The second kappa shape index (κ2) is 17.4. The van der Waals surface area contributed by atoms with Gasteiger partial charge in [-0.05, 0) is 25.0 Å². The highest BCUT2D eigenvalue weighted by Gasteiger charge is 2.72. The molecular formula is C26H36F12O2. The smallest absolute Gasteiger partial charge is 0.388 e. The van der Waals surface area contributed by atoms with Crippen molar-refractivity contribution in [2.75, 3.05) is 28.4 Å². The minimum Gasteiger partial charge on any atom is -0.388 e. The van der Waals surface area contributed by atoms with E-state index in [0.717, 1.165) is 48.5 Å². The van der Waals surface area contributed by atoms with Crippen LogP contribution in [-0.2, 0) is 14.9 Å². The third-order valence-electron chi connectivity index (χ3n) is 4.68. The zero-order chi connectivity index (χ0) is 30.6. The molecule has 14 heteroatoms. The number of benzene rings is 2. The molecule has 2 nitrogen and oxygen atoms in total. The Morgan fingerprint density at radius 2 is 0.625 bits per heavy atom. The Kier molecular flexibility index (Phi) is 19.3. The van der Waals surface area contributed by atoms with Crippen LogP contribution in [0.15, 0.2) is 60.7 Å². The van der Waals surface area contributed by atoms with Crippen molar-refractivity contribution in [3.05, 3.63) is 71.8 Å². The van der Waals surface area contributed by atoms with Gasteiger partial charge in [-0.15, -0.1) is 0 Å². The molecule has 0 N–H and O–H groups in total. The predicted molar refractivity (Wildman–Crippen MR) is 131 cm³/mol. The summed E-state index contributed by atoms with van der Waals surface area (Å²) in [7, 11) is 6.50. The maximum atomic E-state index is 13.5. The summed E-state index contributed by atoms with van der Waals surface area (Å²) in [4.78, 5) is 0. The average Bonchev–Trinajstić information content (AvgIpc) is 2.74. The van der Waals surface area contributed by atoms with E-state index in [4.69, 9.17) is 0 Å². The van der Waals surface area contributed by atoms with E-state index in [0.29, 0.717) is 0 Å². The number of ether oxygens (including phenoxy) is 2. The number of hydrogen-bond donors (Lipinski definition) is 0. The molecule has 2 aromatic rings. The van der Waals surface area contributed by atoms with Crippen LogP contribution >= 0.6 is 0 Å². The molecule has 0 bridgehead atoms. The summed E-state index contributed by atoms with van der Waals surface area (Å²) in [6.07, 6.45) is -21.5. The largest absolute Gasteiger partial charge is 0.411 e. The average molecular weight is 609 g/mol. The van der Waals surface area contributed by atoms with E-state index in [-0.39, 0.29) is 28.7 Å². The molecule has 0 spiro atoms. The fraction of sp³-hybridized carbons (Fsp3) is 0.538. The molecule has 0 aliphatic rings. The second-order valence-electron chi connectivity index (χ2n) is 7.91. The monoisotopic (exact) mass is 608 g/mol. The summed E-state index contributed by atoms with van der Waals surface area (Å²) in [5.41, 5.74) is -9.37. The van der Waals surface area contributed by atoms with Gasteiger partial charge in [0.15, 0.2) is 5.41 Å². The molecule has 0 unspecified atom stereocenters. The van der Waals surface area contributed by atoms with Crippen LogP contribution in [0, 0.1) is 5.41 Å². The molecule has 2 aromatic carbocycles. The van der Waals surface area contributed by atoms with Gasteiger partial charge in [0.05, 0.1) is 0 Å². The molecule has 0 aliphatic carbocycles. The van der Waals surface area contributed by atoms with Gasteiger partial charge in [0.1, 0.15) is 0 Å². The molecule has 0 saturated carbocycles. The first-order valence-corrected chi connectivity index (χ1v) is 10.2. The minimum atomic E-state index is -5.52. The van der Waals surface area contributed by atoms with Gasteiger partial charge in [-0.2, -0.15) is 52.7 Å². The number of alkyl halides is 12. The fourth-order valence-electron chi connectivity index (χ4n) is 2.52. The van der Waals surface area contributed by atoms with Gasteiger partial charge in [-0.3, -0.25) is 0 Å². The van der Waals surface area contributed by atoms with E-state index in [1.54, 1.807) is 28.4 Å². The maximum Gasteiger partial charge on any atom is 0.411 e. The molecule has 0 amide bonds. The van der Waals surface area contributed by atoms with Crippen LogP contribution in [0.25, 0.3) is 0 Å². The van der Waals surface area contributed by atoms with Gasteiger partial charge in [0.2, 0.25) is 5.41 Å². The van der Waals surface area contributed by atoms with E-state index in [1.165, 1.54) is 12.1 Å². The Morgan fingerprint density at radius 3 is 0.750 bits per heavy atom. The summed E-state index contributed by atoms with van der Waals surface area (Å²) < 4.78 is 159. The zero-order valence-corrected chi connectivity index (χ0v) is 21.1. The summed E-state index contributed by atoms with van der Waals surface area (Å²) in [6.45, 7) is 0.208. The Balaban J connectivity index is -0.000000290. The molecule has 0 aromatic heterocycles. The van der Waals surface area contributed by atoms with Crippen LogP contribution in [-0.4, -0.2) is 53.1 Å². The molecule has 40 heavy (non-hydrogen) atoms. The lowest BCUT2D eigenvalue weighted by Gasteiger charge is -2.38. The highest BCUT2D eigenvalue weighted by atomic mass is 19.4. The SMILES string of the molecule is C.C.CC(C)(C(F)(F)F)C(F)(F)F.COC.COC.FC(F)(F)C(c1ccccc1)(c1ccccc1)C(F)(F)F. The predicted octanol–water partition coefficient (Wildman–Crippen LogP) is 10.0. The lowest BCUT2D eigenvalue weighted by molar-refractivity contribution is -0.327. The normalized spacial score (nSPS) is 12.1. The lowest BCUT2D eigenvalue weighted by atomic mass is 9.73. The van der Waals surface area contributed by atoms with Crippen molar-refractivity contribution < 1.29 is 62.2 Å². The van der Waals surface area contributed by atoms with Crippen molar-refractivity contribution in [1.82, 2.24) is 0 Å². The molecule has 0 atom stereocenters. The highest BCUT2D eigenvalue weighted by Crippen LogP contribution is 2.56. The summed E-state index contributed by atoms with van der Waals surface area (Å²) in [5.74, 6) is 0. The standard InChI is InChI=1S/C15H10F6.C5H6F6.2C2H6O.2CH4/c16-14(17,18)13(15(19,20)21,11-7-3-1-4-8-11)12-9-5-2-6-10-12;1-3(2,4(6,7)8)5(9,10)11;2*1-3-2;;/h1-10H;1-2H3;2*1-2H3;2*1H4. The Bertz CT molecular complexity index is 813. The van der Waals surface area contributed by atoms with Gasteiger partial charge in [-0.25, -0.2) is 0 Å². The maximum absolute atomic E-state index is 13.5. The van der Waals surface area contributed by atoms with Crippen molar-refractivity contribution in [1.29, 1.82) is 0 Å². The van der Waals surface area contributed by atoms with Crippen LogP contribution in [0.1, 0.15) is 39.8 Å². The minimum absolute atomic E-state index is 0. The van der Waals surface area contributed by atoms with Crippen molar-refractivity contribution >= 4 is 0 Å². The first-order chi connectivity index (χ1) is 17.0. The summed E-state index contributed by atoms with van der Waals surface area (Å²) in [6, 6.07) is 10.7. The third-order valence-corrected chi connectivity index (χ3v) is 4.68. The van der Waals surface area contributed by atoms with E-state index in [1.807, 2.05) is 0 Å². The van der Waals surface area contributed by atoms with Crippen molar-refractivity contribution in [2.45, 2.75) is 58.8 Å². The van der Waals surface area contributed by atoms with Crippen molar-refractivity contribution in [2.24, 2.45) is 5.41 Å². The molecule has 0 radical (unpaired) electrons. The molecule has 0 saturated heterocycles. The Labute approximate surface area is 227 Å². The van der Waals surface area contributed by atoms with Crippen molar-refractivity contribution in [3.63, 3.8) is 0 Å².